The summed E-state index contributed by atoms with van der Waals surface area (Å²) in [5.74, 6) is -0.689. The Hall–Kier alpha value is -2.98. The molecule has 0 aliphatic carbocycles. The summed E-state index contributed by atoms with van der Waals surface area (Å²) in [6.45, 7) is 0.257. The SMILES string of the molecule is CS(=N)(=O)C1COC(C(=O)N2CCc3ccccc3C2c2ccc(F)cc2)CC1NC(=O)O. The van der Waals surface area contributed by atoms with Crippen LogP contribution in [0.15, 0.2) is 48.5 Å². The predicted octanol–water partition coefficient (Wildman–Crippen LogP) is 2.77. The maximum Gasteiger partial charge on any atom is 0.404 e. The van der Waals surface area contributed by atoms with Crippen LogP contribution in [0.25, 0.3) is 0 Å². The van der Waals surface area contributed by atoms with Crippen molar-refractivity contribution in [2.45, 2.75) is 36.3 Å². The number of fused-ring (bicyclic) bond motifs is 1. The van der Waals surface area contributed by atoms with Crippen LogP contribution in [0.5, 0.6) is 0 Å². The van der Waals surface area contributed by atoms with Gasteiger partial charge in [0.2, 0.25) is 0 Å². The minimum Gasteiger partial charge on any atom is -0.465 e. The number of amides is 2. The molecule has 5 unspecified atom stereocenters. The van der Waals surface area contributed by atoms with Gasteiger partial charge < -0.3 is 20.1 Å². The molecule has 4 rings (SSSR count). The fraction of sp³-hybridized carbons (Fsp3) is 0.391. The largest absolute Gasteiger partial charge is 0.465 e. The maximum absolute atomic E-state index is 13.6. The van der Waals surface area contributed by atoms with Gasteiger partial charge in [-0.3, -0.25) is 9.57 Å². The van der Waals surface area contributed by atoms with Gasteiger partial charge in [-0.1, -0.05) is 36.4 Å². The number of hydrogen-bond donors (Lipinski definition) is 3. The molecule has 0 saturated carbocycles. The molecule has 2 amide bonds. The molecule has 1 saturated heterocycles. The van der Waals surface area contributed by atoms with Gasteiger partial charge in [0.15, 0.2) is 0 Å². The Kier molecular flexibility index (Phi) is 6.40. The highest BCUT2D eigenvalue weighted by Crippen LogP contribution is 2.36. The Balaban J connectivity index is 1.65. The van der Waals surface area contributed by atoms with E-state index in [1.807, 2.05) is 24.3 Å². The molecule has 1 fully saturated rings. The number of halogens is 1. The summed E-state index contributed by atoms with van der Waals surface area (Å²) in [4.78, 5) is 26.6. The number of carbonyl (C=O) groups excluding carboxylic acids is 1. The quantitative estimate of drug-likeness (QED) is 0.628. The van der Waals surface area contributed by atoms with E-state index >= 15 is 0 Å². The van der Waals surface area contributed by atoms with E-state index in [0.29, 0.717) is 13.0 Å². The average Bonchev–Trinajstić information content (AvgIpc) is 2.77. The van der Waals surface area contributed by atoms with Crippen molar-refractivity contribution in [2.24, 2.45) is 0 Å². The summed E-state index contributed by atoms with van der Waals surface area (Å²) in [7, 11) is -3.10. The minimum atomic E-state index is -3.10. The van der Waals surface area contributed by atoms with E-state index in [0.717, 1.165) is 16.7 Å². The molecule has 3 N–H and O–H groups in total. The van der Waals surface area contributed by atoms with Gasteiger partial charge >= 0.3 is 6.09 Å². The standard InChI is InChI=1S/C23H26FN3O5S/c1-33(25,31)20-13-32-19(12-18(20)26-23(29)30)22(28)27-11-10-14-4-2-3-5-17(14)21(27)15-6-8-16(24)9-7-15/h2-9,18-21,25-26H,10-13H2,1H3,(H,29,30). The van der Waals surface area contributed by atoms with E-state index in [1.54, 1.807) is 17.0 Å². The van der Waals surface area contributed by atoms with Crippen LogP contribution in [-0.2, 0) is 25.7 Å². The van der Waals surface area contributed by atoms with E-state index in [4.69, 9.17) is 9.52 Å². The van der Waals surface area contributed by atoms with Gasteiger partial charge in [-0.05, 0) is 35.2 Å². The second-order valence-electron chi connectivity index (χ2n) is 8.49. The Morgan fingerprint density at radius 2 is 1.91 bits per heavy atom. The van der Waals surface area contributed by atoms with Crippen molar-refractivity contribution in [1.82, 2.24) is 10.2 Å². The van der Waals surface area contributed by atoms with E-state index in [-0.39, 0.29) is 24.8 Å². The van der Waals surface area contributed by atoms with Crippen LogP contribution in [0.4, 0.5) is 9.18 Å². The molecule has 10 heteroatoms. The second-order valence-corrected chi connectivity index (χ2v) is 10.9. The van der Waals surface area contributed by atoms with Gasteiger partial charge in [0.05, 0.1) is 23.9 Å². The number of rotatable bonds is 4. The summed E-state index contributed by atoms with van der Waals surface area (Å²) >= 11 is 0. The van der Waals surface area contributed by atoms with Crippen molar-refractivity contribution in [3.63, 3.8) is 0 Å². The summed E-state index contributed by atoms with van der Waals surface area (Å²) in [6.07, 6.45) is -0.396. The Labute approximate surface area is 191 Å². The second kappa shape index (κ2) is 9.11. The minimum absolute atomic E-state index is 0.0200. The van der Waals surface area contributed by atoms with E-state index in [2.05, 4.69) is 5.32 Å². The summed E-state index contributed by atoms with van der Waals surface area (Å²) < 4.78 is 39.6. The summed E-state index contributed by atoms with van der Waals surface area (Å²) in [5, 5.41) is 10.7. The van der Waals surface area contributed by atoms with Crippen molar-refractivity contribution < 1.29 is 28.0 Å². The number of ether oxygens (including phenoxy) is 1. The molecule has 5 atom stereocenters. The number of hydrogen-bond acceptors (Lipinski definition) is 5. The first-order chi connectivity index (χ1) is 15.6. The molecule has 33 heavy (non-hydrogen) atoms. The van der Waals surface area contributed by atoms with Gasteiger partial charge in [-0.2, -0.15) is 0 Å². The maximum atomic E-state index is 13.6. The van der Waals surface area contributed by atoms with Crippen molar-refractivity contribution >= 4 is 21.7 Å². The number of nitrogens with one attached hydrogen (secondary N) is 2. The first-order valence-corrected chi connectivity index (χ1v) is 12.7. The number of carboxylic acid groups (broad SMARTS) is 1. The van der Waals surface area contributed by atoms with Crippen molar-refractivity contribution in [1.29, 1.82) is 4.78 Å². The smallest absolute Gasteiger partial charge is 0.404 e. The number of benzene rings is 2. The van der Waals surface area contributed by atoms with E-state index in [1.165, 1.54) is 18.4 Å². The van der Waals surface area contributed by atoms with Crippen molar-refractivity contribution in [3.05, 3.63) is 71.0 Å². The predicted molar refractivity (Wildman–Crippen MR) is 120 cm³/mol. The average molecular weight is 476 g/mol. The Morgan fingerprint density at radius 1 is 1.21 bits per heavy atom. The molecule has 2 heterocycles. The van der Waals surface area contributed by atoms with E-state index in [9.17, 15) is 23.3 Å². The molecule has 2 aliphatic heterocycles. The molecule has 176 valence electrons. The third-order valence-electron chi connectivity index (χ3n) is 6.29. The molecular weight excluding hydrogens is 449 g/mol. The first-order valence-electron chi connectivity index (χ1n) is 10.6. The highest BCUT2D eigenvalue weighted by Gasteiger charge is 2.43. The lowest BCUT2D eigenvalue weighted by Crippen LogP contribution is -2.57. The third kappa shape index (κ3) is 4.86. The molecule has 0 spiro atoms. The van der Waals surface area contributed by atoms with Crippen LogP contribution < -0.4 is 5.32 Å². The van der Waals surface area contributed by atoms with Gasteiger partial charge in [0.25, 0.3) is 5.91 Å². The van der Waals surface area contributed by atoms with Crippen LogP contribution in [0.3, 0.4) is 0 Å². The molecule has 2 aromatic carbocycles. The lowest BCUT2D eigenvalue weighted by atomic mass is 9.87. The Bertz CT molecular complexity index is 1150. The fourth-order valence-electron chi connectivity index (χ4n) is 4.70. The molecule has 0 aromatic heterocycles. The van der Waals surface area contributed by atoms with Gasteiger partial charge in [-0.15, -0.1) is 0 Å². The van der Waals surface area contributed by atoms with Crippen molar-refractivity contribution in [2.75, 3.05) is 19.4 Å². The van der Waals surface area contributed by atoms with Crippen LogP contribution in [0, 0.1) is 10.6 Å². The highest BCUT2D eigenvalue weighted by atomic mass is 32.2. The highest BCUT2D eigenvalue weighted by molar-refractivity contribution is 7.92. The lowest BCUT2D eigenvalue weighted by molar-refractivity contribution is -0.149. The summed E-state index contributed by atoms with van der Waals surface area (Å²) in [5.41, 5.74) is 2.81. The van der Waals surface area contributed by atoms with Gasteiger partial charge in [0.1, 0.15) is 11.9 Å². The lowest BCUT2D eigenvalue weighted by Gasteiger charge is -2.42. The van der Waals surface area contributed by atoms with Gasteiger partial charge in [-0.25, -0.2) is 13.4 Å². The van der Waals surface area contributed by atoms with Crippen molar-refractivity contribution in [3.8, 4) is 0 Å². The Morgan fingerprint density at radius 3 is 2.58 bits per heavy atom. The topological polar surface area (TPSA) is 120 Å². The van der Waals surface area contributed by atoms with Crippen LogP contribution in [0.2, 0.25) is 0 Å². The normalized spacial score (nSPS) is 26.7. The summed E-state index contributed by atoms with van der Waals surface area (Å²) in [6, 6.07) is 12.5. The van der Waals surface area contributed by atoms with Gasteiger partial charge in [0, 0.05) is 29.0 Å². The number of nitrogens with zero attached hydrogens (tertiary/aromatic N) is 1. The zero-order chi connectivity index (χ0) is 23.8. The first kappa shape index (κ1) is 23.2. The third-order valence-corrected chi connectivity index (χ3v) is 7.91. The van der Waals surface area contributed by atoms with E-state index < -0.39 is 39.3 Å². The molecule has 2 aliphatic rings. The molecule has 0 radical (unpaired) electrons. The molecular formula is C23H26FN3O5S. The molecule has 8 nitrogen and oxygen atoms in total. The van der Waals surface area contributed by atoms with Crippen LogP contribution >= 0.6 is 0 Å². The monoisotopic (exact) mass is 475 g/mol. The zero-order valence-corrected chi connectivity index (χ0v) is 18.9. The van der Waals surface area contributed by atoms with Crippen LogP contribution in [-0.4, -0.2) is 63.0 Å². The zero-order valence-electron chi connectivity index (χ0n) is 18.1. The molecule has 0 bridgehead atoms. The number of carbonyl (C=O) groups is 2. The fourth-order valence-corrected chi connectivity index (χ4v) is 5.84. The van der Waals surface area contributed by atoms with Crippen LogP contribution in [0.1, 0.15) is 29.2 Å². The molecule has 2 aromatic rings.